The molecule has 0 aliphatic carbocycles. The molecule has 2 aromatic rings. The first-order valence-electron chi connectivity index (χ1n) is 8.65. The standard InChI is InChI=1S/C19H22FNO3S2/c1-14-9-12-25-17(14)6-7-19(22)21-10-8-18(26(23,24)13-11-21)15-4-2-3-5-16(15)20/h2-5,9,12,18H,6-8,10-11,13H2,1H3. The van der Waals surface area contributed by atoms with Gasteiger partial charge in [-0.2, -0.15) is 0 Å². The molecular weight excluding hydrogens is 373 g/mol. The first kappa shape index (κ1) is 19.0. The lowest BCUT2D eigenvalue weighted by Crippen LogP contribution is -2.33. The Kier molecular flexibility index (Phi) is 5.77. The summed E-state index contributed by atoms with van der Waals surface area (Å²) in [6, 6.07) is 8.02. The van der Waals surface area contributed by atoms with Crippen molar-refractivity contribution < 1.29 is 17.6 Å². The van der Waals surface area contributed by atoms with Crippen molar-refractivity contribution in [1.29, 1.82) is 0 Å². The topological polar surface area (TPSA) is 54.5 Å². The van der Waals surface area contributed by atoms with Gasteiger partial charge in [-0.15, -0.1) is 11.3 Å². The van der Waals surface area contributed by atoms with Crippen LogP contribution in [0.1, 0.15) is 34.1 Å². The van der Waals surface area contributed by atoms with E-state index in [0.717, 1.165) is 0 Å². The second kappa shape index (κ2) is 7.88. The van der Waals surface area contributed by atoms with Gasteiger partial charge in [-0.1, -0.05) is 18.2 Å². The van der Waals surface area contributed by atoms with Crippen LogP contribution in [0.5, 0.6) is 0 Å². The number of rotatable bonds is 4. The SMILES string of the molecule is Cc1ccsc1CCC(=O)N1CCC(c2ccccc2F)S(=O)(=O)CC1. The van der Waals surface area contributed by atoms with Gasteiger partial charge < -0.3 is 4.90 Å². The fourth-order valence-electron chi connectivity index (χ4n) is 3.32. The Bertz CT molecular complexity index is 892. The fraction of sp³-hybridized carbons (Fsp3) is 0.421. The van der Waals surface area contributed by atoms with E-state index >= 15 is 0 Å². The Morgan fingerprint density at radius 3 is 2.73 bits per heavy atom. The maximum atomic E-state index is 14.1. The molecule has 1 saturated heterocycles. The van der Waals surface area contributed by atoms with E-state index in [2.05, 4.69) is 0 Å². The normalized spacial score (nSPS) is 19.9. The highest BCUT2D eigenvalue weighted by Crippen LogP contribution is 2.31. The van der Waals surface area contributed by atoms with E-state index in [1.165, 1.54) is 22.6 Å². The van der Waals surface area contributed by atoms with E-state index in [0.29, 0.717) is 19.4 Å². The Balaban J connectivity index is 1.69. The van der Waals surface area contributed by atoms with Crippen molar-refractivity contribution in [2.45, 2.75) is 31.4 Å². The number of thiophene rings is 1. The van der Waals surface area contributed by atoms with Gasteiger partial charge in [0.15, 0.2) is 9.84 Å². The smallest absolute Gasteiger partial charge is 0.222 e. The molecular formula is C19H22FNO3S2. The molecule has 2 heterocycles. The summed E-state index contributed by atoms with van der Waals surface area (Å²) >= 11 is 1.63. The largest absolute Gasteiger partial charge is 0.342 e. The molecule has 1 amide bonds. The van der Waals surface area contributed by atoms with Crippen LogP contribution in [0.2, 0.25) is 0 Å². The number of benzene rings is 1. The van der Waals surface area contributed by atoms with E-state index in [4.69, 9.17) is 0 Å². The van der Waals surface area contributed by atoms with Crippen molar-refractivity contribution in [1.82, 2.24) is 4.90 Å². The summed E-state index contributed by atoms with van der Waals surface area (Å²) in [5, 5.41) is 1.12. The van der Waals surface area contributed by atoms with Gasteiger partial charge in [0.2, 0.25) is 5.91 Å². The van der Waals surface area contributed by atoms with Gasteiger partial charge in [0.05, 0.1) is 11.0 Å². The maximum Gasteiger partial charge on any atom is 0.222 e. The summed E-state index contributed by atoms with van der Waals surface area (Å²) < 4.78 is 39.3. The Labute approximate surface area is 157 Å². The van der Waals surface area contributed by atoms with Gasteiger partial charge in [0, 0.05) is 30.0 Å². The van der Waals surface area contributed by atoms with Crippen LogP contribution in [0.15, 0.2) is 35.7 Å². The van der Waals surface area contributed by atoms with Gasteiger partial charge >= 0.3 is 0 Å². The quantitative estimate of drug-likeness (QED) is 0.796. The lowest BCUT2D eigenvalue weighted by atomic mass is 10.1. The fourth-order valence-corrected chi connectivity index (χ4v) is 6.03. The first-order valence-corrected chi connectivity index (χ1v) is 11.2. The number of carbonyl (C=O) groups excluding carboxylic acids is 1. The summed E-state index contributed by atoms with van der Waals surface area (Å²) in [6.45, 7) is 2.53. The lowest BCUT2D eigenvalue weighted by Gasteiger charge is -2.20. The molecule has 1 unspecified atom stereocenters. The molecule has 140 valence electrons. The minimum atomic E-state index is -3.50. The molecule has 0 saturated carbocycles. The molecule has 1 aromatic carbocycles. The number of carbonyl (C=O) groups is 1. The zero-order chi connectivity index (χ0) is 18.7. The number of aryl methyl sites for hydroxylation is 2. The highest BCUT2D eigenvalue weighted by molar-refractivity contribution is 7.91. The van der Waals surface area contributed by atoms with Gasteiger partial charge in [0.1, 0.15) is 5.82 Å². The average molecular weight is 396 g/mol. The number of halogens is 1. The molecule has 3 rings (SSSR count). The van der Waals surface area contributed by atoms with E-state index in [1.807, 2.05) is 18.4 Å². The van der Waals surface area contributed by atoms with Crippen molar-refractivity contribution >= 4 is 27.1 Å². The molecule has 1 aromatic heterocycles. The summed E-state index contributed by atoms with van der Waals surface area (Å²) in [6.07, 6.45) is 1.27. The summed E-state index contributed by atoms with van der Waals surface area (Å²) in [7, 11) is -3.50. The predicted octanol–water partition coefficient (Wildman–Crippen LogP) is 3.52. The third-order valence-electron chi connectivity index (χ3n) is 4.88. The van der Waals surface area contributed by atoms with E-state index in [9.17, 15) is 17.6 Å². The number of amides is 1. The zero-order valence-electron chi connectivity index (χ0n) is 14.7. The Morgan fingerprint density at radius 2 is 2.04 bits per heavy atom. The number of hydrogen-bond donors (Lipinski definition) is 0. The molecule has 0 radical (unpaired) electrons. The molecule has 0 bridgehead atoms. The highest BCUT2D eigenvalue weighted by Gasteiger charge is 2.33. The molecule has 0 spiro atoms. The lowest BCUT2D eigenvalue weighted by molar-refractivity contribution is -0.130. The average Bonchev–Trinajstić information content (AvgIpc) is 2.94. The van der Waals surface area contributed by atoms with Crippen LogP contribution in [0.3, 0.4) is 0 Å². The minimum Gasteiger partial charge on any atom is -0.342 e. The highest BCUT2D eigenvalue weighted by atomic mass is 32.2. The molecule has 0 N–H and O–H groups in total. The van der Waals surface area contributed by atoms with Crippen LogP contribution in [-0.2, 0) is 21.1 Å². The van der Waals surface area contributed by atoms with Crippen LogP contribution < -0.4 is 0 Å². The van der Waals surface area contributed by atoms with E-state index in [1.54, 1.807) is 28.4 Å². The van der Waals surface area contributed by atoms with Crippen molar-refractivity contribution in [3.8, 4) is 0 Å². The van der Waals surface area contributed by atoms with E-state index < -0.39 is 20.9 Å². The van der Waals surface area contributed by atoms with Gasteiger partial charge in [-0.25, -0.2) is 12.8 Å². The van der Waals surface area contributed by atoms with Crippen LogP contribution >= 0.6 is 11.3 Å². The second-order valence-corrected chi connectivity index (χ2v) is 9.88. The van der Waals surface area contributed by atoms with Crippen LogP contribution in [0, 0.1) is 12.7 Å². The predicted molar refractivity (Wildman–Crippen MR) is 102 cm³/mol. The second-order valence-electron chi connectivity index (χ2n) is 6.57. The molecule has 1 atom stereocenters. The van der Waals surface area contributed by atoms with Crippen LogP contribution in [-0.4, -0.2) is 38.1 Å². The number of hydrogen-bond acceptors (Lipinski definition) is 4. The number of sulfone groups is 1. The first-order chi connectivity index (χ1) is 12.4. The molecule has 4 nitrogen and oxygen atoms in total. The molecule has 1 aliphatic rings. The third kappa shape index (κ3) is 4.15. The molecule has 1 aliphatic heterocycles. The van der Waals surface area contributed by atoms with Crippen LogP contribution in [0.4, 0.5) is 4.39 Å². The number of nitrogens with zero attached hydrogens (tertiary/aromatic N) is 1. The van der Waals surface area contributed by atoms with Gasteiger partial charge in [0.25, 0.3) is 0 Å². The van der Waals surface area contributed by atoms with Crippen molar-refractivity contribution in [2.24, 2.45) is 0 Å². The third-order valence-corrected chi connectivity index (χ3v) is 8.07. The van der Waals surface area contributed by atoms with Crippen molar-refractivity contribution in [3.63, 3.8) is 0 Å². The van der Waals surface area contributed by atoms with Gasteiger partial charge in [-0.05, 0) is 42.8 Å². The summed E-state index contributed by atoms with van der Waals surface area (Å²) in [4.78, 5) is 15.3. The Morgan fingerprint density at radius 1 is 1.27 bits per heavy atom. The van der Waals surface area contributed by atoms with Gasteiger partial charge in [-0.3, -0.25) is 4.79 Å². The van der Waals surface area contributed by atoms with Crippen molar-refractivity contribution in [2.75, 3.05) is 18.8 Å². The van der Waals surface area contributed by atoms with E-state index in [-0.39, 0.29) is 30.2 Å². The monoisotopic (exact) mass is 395 g/mol. The van der Waals surface area contributed by atoms with Crippen molar-refractivity contribution in [3.05, 3.63) is 57.5 Å². The summed E-state index contributed by atoms with van der Waals surface area (Å²) in [5.41, 5.74) is 1.39. The zero-order valence-corrected chi connectivity index (χ0v) is 16.3. The summed E-state index contributed by atoms with van der Waals surface area (Å²) in [5.74, 6) is -0.674. The molecule has 26 heavy (non-hydrogen) atoms. The Hall–Kier alpha value is -1.73. The minimum absolute atomic E-state index is 0.0396. The van der Waals surface area contributed by atoms with Crippen LogP contribution in [0.25, 0.3) is 0 Å². The molecule has 7 heteroatoms. The molecule has 1 fully saturated rings. The maximum absolute atomic E-state index is 14.1.